The third kappa shape index (κ3) is 3.46. The quantitative estimate of drug-likeness (QED) is 0.844. The summed E-state index contributed by atoms with van der Waals surface area (Å²) in [6.07, 6.45) is 1.19. The third-order valence-electron chi connectivity index (χ3n) is 2.27. The topological polar surface area (TPSA) is 87.8 Å². The van der Waals surface area contributed by atoms with Gasteiger partial charge in [-0.05, 0) is 13.8 Å². The maximum absolute atomic E-state index is 11.1. The summed E-state index contributed by atoms with van der Waals surface area (Å²) in [5, 5.41) is 16.1. The fraction of sp³-hybridized carbons (Fsp3) is 0.600. The van der Waals surface area contributed by atoms with Crippen LogP contribution in [0.4, 0.5) is 5.82 Å². The van der Waals surface area contributed by atoms with Gasteiger partial charge in [-0.15, -0.1) is 0 Å². The molecule has 1 N–H and O–H groups in total. The summed E-state index contributed by atoms with van der Waals surface area (Å²) >= 11 is 0. The monoisotopic (exact) mass is 256 g/mol. The van der Waals surface area contributed by atoms with Crippen molar-refractivity contribution in [3.8, 4) is 6.07 Å². The van der Waals surface area contributed by atoms with Crippen LogP contribution in [0.3, 0.4) is 0 Å². The van der Waals surface area contributed by atoms with Crippen molar-refractivity contribution in [3.63, 3.8) is 0 Å². The fourth-order valence-corrected chi connectivity index (χ4v) is 2.68. The summed E-state index contributed by atoms with van der Waals surface area (Å²) in [4.78, 5) is 0. The highest BCUT2D eigenvalue weighted by Gasteiger charge is 2.17. The second-order valence-electron chi connectivity index (χ2n) is 4.18. The van der Waals surface area contributed by atoms with E-state index in [0.29, 0.717) is 17.1 Å². The molecule has 0 radical (unpaired) electrons. The van der Waals surface area contributed by atoms with Crippen molar-refractivity contribution >= 4 is 15.7 Å². The number of aryl methyl sites for hydroxylation is 2. The van der Waals surface area contributed by atoms with Crippen molar-refractivity contribution in [1.82, 2.24) is 9.78 Å². The number of aromatic nitrogens is 2. The summed E-state index contributed by atoms with van der Waals surface area (Å²) < 4.78 is 23.8. The Morgan fingerprint density at radius 1 is 1.59 bits per heavy atom. The number of nitrogens with one attached hydrogen (secondary N) is 1. The molecule has 17 heavy (non-hydrogen) atoms. The lowest BCUT2D eigenvalue weighted by Gasteiger charge is -2.14. The number of nitriles is 1. The zero-order chi connectivity index (χ0) is 13.2. The molecule has 0 aliphatic carbocycles. The Morgan fingerprint density at radius 2 is 2.18 bits per heavy atom. The molecule has 0 saturated carbocycles. The van der Waals surface area contributed by atoms with E-state index in [1.54, 1.807) is 25.6 Å². The molecule has 0 fully saturated rings. The molecule has 6 nitrogen and oxygen atoms in total. The van der Waals surface area contributed by atoms with Gasteiger partial charge >= 0.3 is 0 Å². The lowest BCUT2D eigenvalue weighted by Crippen LogP contribution is -2.26. The van der Waals surface area contributed by atoms with Crippen molar-refractivity contribution < 1.29 is 8.42 Å². The molecule has 1 atom stereocenters. The van der Waals surface area contributed by atoms with Gasteiger partial charge in [0.15, 0.2) is 0 Å². The largest absolute Gasteiger partial charge is 0.366 e. The first kappa shape index (κ1) is 13.5. The van der Waals surface area contributed by atoms with Gasteiger partial charge in [0.2, 0.25) is 0 Å². The Labute approximate surface area is 101 Å². The molecular weight excluding hydrogens is 240 g/mol. The summed E-state index contributed by atoms with van der Waals surface area (Å²) in [6.45, 7) is 3.50. The summed E-state index contributed by atoms with van der Waals surface area (Å²) in [5.74, 6) is 0.573. The number of sulfone groups is 1. The fourth-order valence-electron chi connectivity index (χ4n) is 1.69. The molecule has 0 aliphatic rings. The summed E-state index contributed by atoms with van der Waals surface area (Å²) in [7, 11) is -1.33. The highest BCUT2D eigenvalue weighted by Crippen LogP contribution is 2.18. The Balaban J connectivity index is 2.93. The highest BCUT2D eigenvalue weighted by atomic mass is 32.2. The molecule has 0 spiro atoms. The van der Waals surface area contributed by atoms with Crippen molar-refractivity contribution in [1.29, 1.82) is 5.26 Å². The van der Waals surface area contributed by atoms with E-state index in [4.69, 9.17) is 5.26 Å². The van der Waals surface area contributed by atoms with E-state index in [2.05, 4.69) is 16.5 Å². The molecule has 1 heterocycles. The Kier molecular flexibility index (Phi) is 3.78. The van der Waals surface area contributed by atoms with E-state index >= 15 is 0 Å². The molecular formula is C10H16N4O2S. The Hall–Kier alpha value is -1.55. The van der Waals surface area contributed by atoms with E-state index in [0.717, 1.165) is 0 Å². The van der Waals surface area contributed by atoms with Crippen LogP contribution >= 0.6 is 0 Å². The van der Waals surface area contributed by atoms with Crippen LogP contribution in [0, 0.1) is 18.3 Å². The molecule has 7 heteroatoms. The Morgan fingerprint density at radius 3 is 2.65 bits per heavy atom. The summed E-state index contributed by atoms with van der Waals surface area (Å²) in [5.41, 5.74) is 1.08. The number of hydrogen-bond acceptors (Lipinski definition) is 5. The van der Waals surface area contributed by atoms with Gasteiger partial charge in [0.05, 0.1) is 11.4 Å². The normalized spacial score (nSPS) is 13.1. The Bertz CT molecular complexity index is 554. The first-order valence-electron chi connectivity index (χ1n) is 5.12. The zero-order valence-corrected chi connectivity index (χ0v) is 11.2. The van der Waals surface area contributed by atoms with E-state index in [-0.39, 0.29) is 11.8 Å². The van der Waals surface area contributed by atoms with Crippen molar-refractivity contribution in [2.75, 3.05) is 17.3 Å². The number of nitrogens with zero attached hydrogens (tertiary/aromatic N) is 3. The van der Waals surface area contributed by atoms with E-state index < -0.39 is 9.84 Å². The first-order valence-corrected chi connectivity index (χ1v) is 7.18. The van der Waals surface area contributed by atoms with Crippen LogP contribution in [-0.2, 0) is 16.9 Å². The lowest BCUT2D eigenvalue weighted by atomic mass is 10.2. The third-order valence-corrected chi connectivity index (χ3v) is 3.38. The number of hydrogen-bond donors (Lipinski definition) is 1. The molecule has 1 aromatic rings. The SMILES string of the molecule is Cc1nn(C)c(NC(C)CS(C)(=O)=O)c1C#N. The van der Waals surface area contributed by atoms with Crippen LogP contribution in [0.2, 0.25) is 0 Å². The van der Waals surface area contributed by atoms with Crippen molar-refractivity contribution in [3.05, 3.63) is 11.3 Å². The van der Waals surface area contributed by atoms with E-state index in [1.165, 1.54) is 6.26 Å². The predicted octanol–water partition coefficient (Wildman–Crippen LogP) is 0.445. The van der Waals surface area contributed by atoms with E-state index in [1.807, 2.05) is 0 Å². The lowest BCUT2D eigenvalue weighted by molar-refractivity contribution is 0.597. The second kappa shape index (κ2) is 4.75. The maximum atomic E-state index is 11.1. The molecule has 0 bridgehead atoms. The average molecular weight is 256 g/mol. The van der Waals surface area contributed by atoms with Gasteiger partial charge in [0, 0.05) is 19.3 Å². The van der Waals surface area contributed by atoms with Gasteiger partial charge in [0.25, 0.3) is 0 Å². The molecule has 0 aromatic carbocycles. The minimum Gasteiger partial charge on any atom is -0.366 e. The highest BCUT2D eigenvalue weighted by molar-refractivity contribution is 7.90. The molecule has 0 amide bonds. The molecule has 0 aliphatic heterocycles. The van der Waals surface area contributed by atoms with Crippen LogP contribution in [0.5, 0.6) is 0 Å². The van der Waals surface area contributed by atoms with Gasteiger partial charge in [-0.3, -0.25) is 4.68 Å². The minimum absolute atomic E-state index is 0.0160. The molecule has 0 saturated heterocycles. The van der Waals surface area contributed by atoms with E-state index in [9.17, 15) is 8.42 Å². The van der Waals surface area contributed by atoms with Gasteiger partial charge < -0.3 is 5.32 Å². The van der Waals surface area contributed by atoms with Crippen LogP contribution in [0.15, 0.2) is 0 Å². The average Bonchev–Trinajstić information content (AvgIpc) is 2.38. The first-order chi connectivity index (χ1) is 7.74. The smallest absolute Gasteiger partial charge is 0.149 e. The van der Waals surface area contributed by atoms with Gasteiger partial charge in [0.1, 0.15) is 27.3 Å². The van der Waals surface area contributed by atoms with Gasteiger partial charge in [-0.1, -0.05) is 0 Å². The number of anilines is 1. The molecule has 94 valence electrons. The van der Waals surface area contributed by atoms with Gasteiger partial charge in [-0.25, -0.2) is 8.42 Å². The number of rotatable bonds is 4. The molecule has 1 rings (SSSR count). The van der Waals surface area contributed by atoms with Gasteiger partial charge in [-0.2, -0.15) is 10.4 Å². The standard InChI is InChI=1S/C10H16N4O2S/c1-7(6-17(4,15)16)12-10-9(5-11)8(2)13-14(10)3/h7,12H,6H2,1-4H3. The van der Waals surface area contributed by atoms with Crippen molar-refractivity contribution in [2.24, 2.45) is 7.05 Å². The predicted molar refractivity (Wildman–Crippen MR) is 65.5 cm³/mol. The van der Waals surface area contributed by atoms with Crippen LogP contribution in [-0.4, -0.2) is 36.2 Å². The van der Waals surface area contributed by atoms with Crippen LogP contribution in [0.25, 0.3) is 0 Å². The maximum Gasteiger partial charge on any atom is 0.149 e. The zero-order valence-electron chi connectivity index (χ0n) is 10.4. The minimum atomic E-state index is -3.04. The van der Waals surface area contributed by atoms with Crippen molar-refractivity contribution in [2.45, 2.75) is 19.9 Å². The van der Waals surface area contributed by atoms with Crippen LogP contribution in [0.1, 0.15) is 18.2 Å². The summed E-state index contributed by atoms with van der Waals surface area (Å²) in [6, 6.07) is 1.79. The molecule has 1 aromatic heterocycles. The second-order valence-corrected chi connectivity index (χ2v) is 6.37. The van der Waals surface area contributed by atoms with Crippen LogP contribution < -0.4 is 5.32 Å². The molecule has 1 unspecified atom stereocenters.